The highest BCUT2D eigenvalue weighted by Crippen LogP contribution is 2.28. The van der Waals surface area contributed by atoms with Crippen LogP contribution in [0.4, 0.5) is 5.82 Å². The third-order valence-corrected chi connectivity index (χ3v) is 3.46. The highest BCUT2D eigenvalue weighted by Gasteiger charge is 2.33. The van der Waals surface area contributed by atoms with E-state index in [1.807, 2.05) is 23.7 Å². The van der Waals surface area contributed by atoms with E-state index in [1.165, 1.54) is 0 Å². The number of imidazole rings is 1. The lowest BCUT2D eigenvalue weighted by Gasteiger charge is -2.20. The lowest BCUT2D eigenvalue weighted by Crippen LogP contribution is -2.30. The Labute approximate surface area is 107 Å². The zero-order valence-corrected chi connectivity index (χ0v) is 11.1. The normalized spacial score (nSPS) is 24.8. The quantitative estimate of drug-likeness (QED) is 0.865. The van der Waals surface area contributed by atoms with Crippen molar-refractivity contribution in [2.45, 2.75) is 18.9 Å². The fourth-order valence-corrected chi connectivity index (χ4v) is 2.61. The second-order valence-corrected chi connectivity index (χ2v) is 5.53. The van der Waals surface area contributed by atoms with Crippen LogP contribution >= 0.6 is 15.9 Å². The van der Waals surface area contributed by atoms with Crippen molar-refractivity contribution in [1.29, 1.82) is 0 Å². The van der Waals surface area contributed by atoms with Gasteiger partial charge >= 0.3 is 0 Å². The number of aromatic nitrogens is 3. The highest BCUT2D eigenvalue weighted by atomic mass is 79.9. The summed E-state index contributed by atoms with van der Waals surface area (Å²) in [6.07, 6.45) is 6.27. The monoisotopic (exact) mass is 296 g/mol. The SMILES string of the molecule is CC1(O)CCN(c2nc(Br)cn3ccnc23)C1. The molecule has 1 aliphatic heterocycles. The maximum atomic E-state index is 10.0. The van der Waals surface area contributed by atoms with Crippen LogP contribution in [0.1, 0.15) is 13.3 Å². The Bertz CT molecular complexity index is 566. The molecule has 5 nitrogen and oxygen atoms in total. The number of rotatable bonds is 1. The summed E-state index contributed by atoms with van der Waals surface area (Å²) in [5.74, 6) is 0.821. The van der Waals surface area contributed by atoms with Crippen LogP contribution in [0.5, 0.6) is 0 Å². The number of hydrogen-bond acceptors (Lipinski definition) is 4. The van der Waals surface area contributed by atoms with E-state index in [-0.39, 0.29) is 0 Å². The second-order valence-electron chi connectivity index (χ2n) is 4.71. The van der Waals surface area contributed by atoms with Gasteiger partial charge in [0, 0.05) is 31.7 Å². The molecule has 0 aromatic carbocycles. The minimum atomic E-state index is -0.631. The van der Waals surface area contributed by atoms with Crippen LogP contribution in [0.15, 0.2) is 23.2 Å². The van der Waals surface area contributed by atoms with E-state index >= 15 is 0 Å². The predicted octanol–water partition coefficient (Wildman–Crippen LogP) is 1.45. The molecule has 1 fully saturated rings. The first-order chi connectivity index (χ1) is 8.05. The Hall–Kier alpha value is -1.14. The molecule has 0 radical (unpaired) electrons. The van der Waals surface area contributed by atoms with Crippen molar-refractivity contribution in [1.82, 2.24) is 14.4 Å². The Balaban J connectivity index is 2.08. The summed E-state index contributed by atoms with van der Waals surface area (Å²) in [7, 11) is 0. The molecule has 0 bridgehead atoms. The molecule has 17 heavy (non-hydrogen) atoms. The Morgan fingerprint density at radius 3 is 3.06 bits per heavy atom. The van der Waals surface area contributed by atoms with E-state index in [1.54, 1.807) is 6.20 Å². The van der Waals surface area contributed by atoms with Gasteiger partial charge in [0.2, 0.25) is 0 Å². The van der Waals surface area contributed by atoms with E-state index in [4.69, 9.17) is 0 Å². The summed E-state index contributed by atoms with van der Waals surface area (Å²) in [6.45, 7) is 3.26. The number of fused-ring (bicyclic) bond motifs is 1. The topological polar surface area (TPSA) is 53.7 Å². The van der Waals surface area contributed by atoms with Crippen molar-refractivity contribution in [2.24, 2.45) is 0 Å². The molecule has 3 rings (SSSR count). The fraction of sp³-hybridized carbons (Fsp3) is 0.455. The molecule has 0 amide bonds. The average Bonchev–Trinajstić information content (AvgIpc) is 2.82. The van der Waals surface area contributed by atoms with Gasteiger partial charge in [-0.3, -0.25) is 0 Å². The van der Waals surface area contributed by atoms with Gasteiger partial charge in [-0.15, -0.1) is 0 Å². The van der Waals surface area contributed by atoms with Crippen molar-refractivity contribution in [3.8, 4) is 0 Å². The van der Waals surface area contributed by atoms with Gasteiger partial charge in [-0.05, 0) is 29.3 Å². The standard InChI is InChI=1S/C11H13BrN4O/c1-11(17)2-4-16(7-11)10-9-13-3-5-15(9)6-8(12)14-10/h3,5-6,17H,2,4,7H2,1H3. The van der Waals surface area contributed by atoms with Crippen molar-refractivity contribution in [3.63, 3.8) is 0 Å². The Morgan fingerprint density at radius 1 is 1.53 bits per heavy atom. The zero-order chi connectivity index (χ0) is 12.0. The van der Waals surface area contributed by atoms with Crippen LogP contribution < -0.4 is 4.90 Å². The van der Waals surface area contributed by atoms with Gasteiger partial charge in [0.15, 0.2) is 11.5 Å². The Morgan fingerprint density at radius 2 is 2.35 bits per heavy atom. The van der Waals surface area contributed by atoms with Crippen LogP contribution in [-0.2, 0) is 0 Å². The lowest BCUT2D eigenvalue weighted by molar-refractivity contribution is 0.0839. The smallest absolute Gasteiger partial charge is 0.180 e. The van der Waals surface area contributed by atoms with Gasteiger partial charge in [0.25, 0.3) is 0 Å². The van der Waals surface area contributed by atoms with Crippen molar-refractivity contribution in [2.75, 3.05) is 18.0 Å². The minimum Gasteiger partial charge on any atom is -0.388 e. The molecule has 1 atom stereocenters. The van der Waals surface area contributed by atoms with Crippen LogP contribution in [-0.4, -0.2) is 38.2 Å². The van der Waals surface area contributed by atoms with Crippen LogP contribution in [0.3, 0.4) is 0 Å². The fourth-order valence-electron chi connectivity index (χ4n) is 2.22. The van der Waals surface area contributed by atoms with E-state index in [9.17, 15) is 5.11 Å². The van der Waals surface area contributed by atoms with Gasteiger partial charge in [0.1, 0.15) is 4.60 Å². The van der Waals surface area contributed by atoms with Gasteiger partial charge in [0.05, 0.1) is 5.60 Å². The second kappa shape index (κ2) is 3.68. The summed E-state index contributed by atoms with van der Waals surface area (Å²) in [4.78, 5) is 10.9. The van der Waals surface area contributed by atoms with Crippen molar-refractivity contribution < 1.29 is 5.11 Å². The molecule has 0 spiro atoms. The van der Waals surface area contributed by atoms with Crippen LogP contribution in [0.25, 0.3) is 5.65 Å². The molecule has 6 heteroatoms. The van der Waals surface area contributed by atoms with Crippen LogP contribution in [0, 0.1) is 0 Å². The summed E-state index contributed by atoms with van der Waals surface area (Å²) in [5, 5.41) is 10.0. The lowest BCUT2D eigenvalue weighted by atomic mass is 10.1. The maximum Gasteiger partial charge on any atom is 0.180 e. The molecule has 2 aromatic rings. The molecule has 1 N–H and O–H groups in total. The third kappa shape index (κ3) is 1.91. The van der Waals surface area contributed by atoms with E-state index < -0.39 is 5.60 Å². The number of nitrogens with zero attached hydrogens (tertiary/aromatic N) is 4. The molecule has 1 aliphatic rings. The van der Waals surface area contributed by atoms with Crippen LogP contribution in [0.2, 0.25) is 0 Å². The molecule has 90 valence electrons. The summed E-state index contributed by atoms with van der Waals surface area (Å²) >= 11 is 3.39. The average molecular weight is 297 g/mol. The van der Waals surface area contributed by atoms with Gasteiger partial charge < -0.3 is 14.4 Å². The van der Waals surface area contributed by atoms with Crippen molar-refractivity contribution in [3.05, 3.63) is 23.2 Å². The highest BCUT2D eigenvalue weighted by molar-refractivity contribution is 9.10. The number of hydrogen-bond donors (Lipinski definition) is 1. The predicted molar refractivity (Wildman–Crippen MR) is 68.1 cm³/mol. The van der Waals surface area contributed by atoms with E-state index in [0.29, 0.717) is 6.54 Å². The number of β-amino-alcohol motifs (C(OH)–C–C–N with tert-alkyl or cyclic N) is 1. The first kappa shape index (κ1) is 11.0. The summed E-state index contributed by atoms with van der Waals surface area (Å²) in [6, 6.07) is 0. The van der Waals surface area contributed by atoms with Crippen molar-refractivity contribution >= 4 is 27.4 Å². The zero-order valence-electron chi connectivity index (χ0n) is 9.47. The largest absolute Gasteiger partial charge is 0.388 e. The Kier molecular flexibility index (Phi) is 2.38. The van der Waals surface area contributed by atoms with Gasteiger partial charge in [-0.2, -0.15) is 0 Å². The first-order valence-electron chi connectivity index (χ1n) is 5.52. The summed E-state index contributed by atoms with van der Waals surface area (Å²) < 4.78 is 2.70. The molecule has 0 saturated carbocycles. The van der Waals surface area contributed by atoms with E-state index in [2.05, 4.69) is 30.8 Å². The molecule has 1 saturated heterocycles. The molecular formula is C11H13BrN4O. The minimum absolute atomic E-state index is 0.596. The number of halogens is 1. The molecule has 2 aromatic heterocycles. The molecule has 1 unspecified atom stereocenters. The van der Waals surface area contributed by atoms with Gasteiger partial charge in [-0.1, -0.05) is 0 Å². The molecule has 0 aliphatic carbocycles. The number of aliphatic hydroxyl groups is 1. The first-order valence-corrected chi connectivity index (χ1v) is 6.31. The molecule has 3 heterocycles. The van der Waals surface area contributed by atoms with Gasteiger partial charge in [-0.25, -0.2) is 9.97 Å². The number of anilines is 1. The summed E-state index contributed by atoms with van der Waals surface area (Å²) in [5.41, 5.74) is 0.194. The maximum absolute atomic E-state index is 10.0. The van der Waals surface area contributed by atoms with E-state index in [0.717, 1.165) is 29.0 Å². The molecular weight excluding hydrogens is 284 g/mol. The third-order valence-electron chi connectivity index (χ3n) is 3.08.